The van der Waals surface area contributed by atoms with Crippen LogP contribution in [0.15, 0.2) is 36.6 Å². The molecule has 6 aliphatic rings. The van der Waals surface area contributed by atoms with E-state index in [-0.39, 0.29) is 118 Å². The molecule has 3 saturated carbocycles. The molecule has 0 N–H and O–H groups in total. The highest BCUT2D eigenvalue weighted by molar-refractivity contribution is 6.92. The van der Waals surface area contributed by atoms with E-state index < -0.39 is 109 Å². The third-order valence-electron chi connectivity index (χ3n) is 13.5. The van der Waals surface area contributed by atoms with Crippen LogP contribution < -0.4 is 0 Å². The topological polar surface area (TPSA) is 195 Å². The lowest BCUT2D eigenvalue weighted by atomic mass is 9.65. The first-order chi connectivity index (χ1) is 35.7. The van der Waals surface area contributed by atoms with Gasteiger partial charge in [0.05, 0.1) is 23.7 Å². The Morgan fingerprint density at radius 3 is 1.19 bits per heavy atom. The number of carbonyl (C=O) groups is 6. The molecule has 0 radical (unpaired) electrons. The number of rotatable bonds is 19. The average Bonchev–Trinajstić information content (AvgIpc) is 4.07. The first-order valence-corrected chi connectivity index (χ1v) is 53.0. The van der Waals surface area contributed by atoms with E-state index in [4.69, 9.17) is 38.9 Å². The maximum absolute atomic E-state index is 13.4. The molecule has 88 heavy (non-hydrogen) atoms. The summed E-state index contributed by atoms with van der Waals surface area (Å²) in [6.45, 7) is 58.6. The van der Waals surface area contributed by atoms with Crippen LogP contribution in [0, 0.1) is 59.2 Å². The Morgan fingerprint density at radius 2 is 0.920 bits per heavy atom. The van der Waals surface area contributed by atoms with Crippen LogP contribution in [0.5, 0.6) is 0 Å². The highest BCUT2D eigenvalue weighted by Crippen LogP contribution is 2.62. The van der Waals surface area contributed by atoms with Gasteiger partial charge in [-0.05, 0) is 233 Å². The van der Waals surface area contributed by atoms with E-state index in [0.29, 0.717) is 24.7 Å². The Hall–Kier alpha value is -2.06. The maximum Gasteiger partial charge on any atom is 0.497 e. The molecule has 4 bridgehead atoms. The summed E-state index contributed by atoms with van der Waals surface area (Å²) in [7, 11) is -17.4. The second kappa shape index (κ2) is 36.0. The normalized spacial score (nSPS) is 24.8. The predicted molar refractivity (Wildman–Crippen MR) is 387 cm³/mol. The Morgan fingerprint density at radius 1 is 0.545 bits per heavy atom. The van der Waals surface area contributed by atoms with E-state index in [1.165, 1.54) is 0 Å². The number of hydrogen-bond donors (Lipinski definition) is 0. The van der Waals surface area contributed by atoms with Crippen molar-refractivity contribution in [3.8, 4) is 0 Å². The molecular formula is C64H138O16Si8. The fourth-order valence-corrected chi connectivity index (χ4v) is 39.3. The third kappa shape index (κ3) is 31.7. The molecule has 11 atom stereocenters. The first kappa shape index (κ1) is 97.0. The molecule has 16 nitrogen and oxygen atoms in total. The predicted octanol–water partition coefficient (Wildman–Crippen LogP) is 18.3. The molecular weight excluding hydrogens is 1250 g/mol. The molecule has 0 amide bonds. The molecule has 1 saturated heterocycles. The van der Waals surface area contributed by atoms with Crippen molar-refractivity contribution in [3.63, 3.8) is 0 Å². The zero-order valence-corrected chi connectivity index (χ0v) is 62.0. The molecule has 2 aliphatic heterocycles. The number of allylic oxidation sites excluding steroid dienone is 2. The van der Waals surface area contributed by atoms with Gasteiger partial charge in [0.15, 0.2) is 49.9 Å². The fraction of sp³-hybridized carbons (Fsp3) is 0.812. The summed E-state index contributed by atoms with van der Waals surface area (Å²) in [4.78, 5) is 70.6. The van der Waals surface area contributed by atoms with E-state index in [2.05, 4.69) is 148 Å². The van der Waals surface area contributed by atoms with Crippen LogP contribution in [-0.4, -0.2) is 115 Å². The highest BCUT2D eigenvalue weighted by atomic mass is 28.5. The van der Waals surface area contributed by atoms with Gasteiger partial charge in [0, 0.05) is 17.7 Å². The minimum atomic E-state index is -3.22. The van der Waals surface area contributed by atoms with Gasteiger partial charge in [-0.2, -0.15) is 0 Å². The van der Waals surface area contributed by atoms with E-state index in [1.807, 2.05) is 54.2 Å². The standard InChI is InChI=1S/C29H56O8Si4.C12H18O2.C11H30O3Si4.C4H2O3.8CH4/c1-18(41(35-38(6,7)8,36-39(9,10)11)37-40(12,13)14)15-22-21-16-20(17-23(21)27(31)34-29(3,4)5)25(22)24-19(2)26(30)33-28(24)32;1-12(2,3)14-11(13)10-7-8-4-5-9(10)6-8;1-11-18(12-15(2,3)4,13-16(5,6)7)14-17(8,9)10;5-3-1-2-4(6)7-3;;;;;;;;/h18-25H,15-17H2,1-14H3;4-5,8-10H,6-7H2,1-3H3;11H,1H2,2-10H3;1-2H;8*1H4. The number of cyclic esters (lactones) is 4. The maximum atomic E-state index is 13.4. The van der Waals surface area contributed by atoms with Gasteiger partial charge in [-0.25, -0.2) is 9.59 Å². The summed E-state index contributed by atoms with van der Waals surface area (Å²) in [6.07, 6.45) is 11.0. The number of fused-ring (bicyclic) bond motifs is 4. The van der Waals surface area contributed by atoms with E-state index in [1.54, 1.807) is 0 Å². The second-order valence-electron chi connectivity index (χ2n) is 30.7. The molecule has 11 unspecified atom stereocenters. The summed E-state index contributed by atoms with van der Waals surface area (Å²) in [5, 5.41) is 0. The van der Waals surface area contributed by atoms with Crippen LogP contribution in [0.2, 0.25) is 123 Å². The van der Waals surface area contributed by atoms with Crippen LogP contribution in [-0.2, 0) is 72.4 Å². The number of esters is 6. The SMILES string of the molecule is C.C.C.C.C.C.C.C.C=C[Si](O[Si](C)(C)C)(O[Si](C)(C)C)O[Si](C)(C)C.CC(C)(C)OC(=O)C1CC2C=CC1C2.CC1C(=O)OC(=O)C1C1C2CC(C(=O)OC(C)(C)C)C(C2)C1CC(C)[Si](O[Si](C)(C)C)(O[Si](C)(C)C)O[Si](C)(C)C.O=C1C=CC(=O)O1. The van der Waals surface area contributed by atoms with Crippen LogP contribution in [0.1, 0.15) is 147 Å². The van der Waals surface area contributed by atoms with Gasteiger partial charge in [0.25, 0.3) is 0 Å². The summed E-state index contributed by atoms with van der Waals surface area (Å²) in [6, 6.07) is 0. The van der Waals surface area contributed by atoms with Crippen molar-refractivity contribution < 1.29 is 72.4 Å². The van der Waals surface area contributed by atoms with Gasteiger partial charge in [-0.1, -0.05) is 85.4 Å². The second-order valence-corrected chi connectivity index (χ2v) is 64.7. The Bertz CT molecular complexity index is 2180. The van der Waals surface area contributed by atoms with Crippen LogP contribution in [0.25, 0.3) is 0 Å². The largest absolute Gasteiger partial charge is 0.497 e. The van der Waals surface area contributed by atoms with Gasteiger partial charge >= 0.3 is 53.4 Å². The van der Waals surface area contributed by atoms with Gasteiger partial charge < -0.3 is 43.6 Å². The lowest BCUT2D eigenvalue weighted by Crippen LogP contribution is -2.63. The van der Waals surface area contributed by atoms with E-state index in [9.17, 15) is 28.8 Å². The van der Waals surface area contributed by atoms with E-state index >= 15 is 0 Å². The van der Waals surface area contributed by atoms with Gasteiger partial charge in [-0.15, -0.1) is 6.58 Å². The van der Waals surface area contributed by atoms with Crippen LogP contribution in [0.3, 0.4) is 0 Å². The number of hydrogen-bond acceptors (Lipinski definition) is 16. The van der Waals surface area contributed by atoms with Crippen molar-refractivity contribution in [2.75, 3.05) is 0 Å². The minimum Gasteiger partial charge on any atom is -0.460 e. The molecule has 522 valence electrons. The van der Waals surface area contributed by atoms with Crippen molar-refractivity contribution in [1.29, 1.82) is 0 Å². The molecule has 0 spiro atoms. The summed E-state index contributed by atoms with van der Waals surface area (Å²) >= 11 is 0. The average molecular weight is 1390 g/mol. The van der Waals surface area contributed by atoms with Gasteiger partial charge in [-0.3, -0.25) is 19.2 Å². The summed E-state index contributed by atoms with van der Waals surface area (Å²) in [5.74, 6) is -1.92. The molecule has 0 aromatic rings. The first-order valence-electron chi connectivity index (χ1n) is 28.9. The van der Waals surface area contributed by atoms with Gasteiger partial charge in [0.2, 0.25) is 0 Å². The molecule has 2 heterocycles. The van der Waals surface area contributed by atoms with Crippen LogP contribution in [0.4, 0.5) is 0 Å². The van der Waals surface area contributed by atoms with Crippen molar-refractivity contribution >= 4 is 103 Å². The zero-order chi connectivity index (χ0) is 62.0. The number of carbonyl (C=O) groups excluding carboxylic acids is 6. The third-order valence-corrected chi connectivity index (χ3v) is 36.9. The lowest BCUT2D eigenvalue weighted by Gasteiger charge is -2.47. The molecule has 24 heteroatoms. The van der Waals surface area contributed by atoms with Crippen molar-refractivity contribution in [1.82, 2.24) is 0 Å². The number of ether oxygens (including phenoxy) is 4. The van der Waals surface area contributed by atoms with Crippen molar-refractivity contribution in [2.45, 2.75) is 281 Å². The smallest absolute Gasteiger partial charge is 0.460 e. The van der Waals surface area contributed by atoms with Gasteiger partial charge in [0.1, 0.15) is 11.2 Å². The lowest BCUT2D eigenvalue weighted by molar-refractivity contribution is -0.164. The van der Waals surface area contributed by atoms with E-state index in [0.717, 1.165) is 31.4 Å². The quantitative estimate of drug-likeness (QED) is 0.0389. The minimum absolute atomic E-state index is 0. The molecule has 0 aromatic carbocycles. The molecule has 0 aromatic heterocycles. The fourth-order valence-electron chi connectivity index (χ4n) is 11.6. The molecule has 6 rings (SSSR count). The highest BCUT2D eigenvalue weighted by Gasteiger charge is 2.64. The Kier molecular flexibility index (Phi) is 39.7. The molecule has 4 aliphatic carbocycles. The summed E-state index contributed by atoms with van der Waals surface area (Å²) < 4.78 is 60.5. The summed E-state index contributed by atoms with van der Waals surface area (Å²) in [5.41, 5.74) is 0.868. The monoisotopic (exact) mass is 1390 g/mol. The zero-order valence-electron chi connectivity index (χ0n) is 54.0. The Labute approximate surface area is 549 Å². The van der Waals surface area contributed by atoms with Crippen molar-refractivity contribution in [3.05, 3.63) is 36.6 Å². The van der Waals surface area contributed by atoms with Crippen LogP contribution >= 0.6 is 0 Å². The Balaban J connectivity index is -0.000000297. The molecule has 4 fully saturated rings. The van der Waals surface area contributed by atoms with Crippen molar-refractivity contribution in [2.24, 2.45) is 59.2 Å².